The summed E-state index contributed by atoms with van der Waals surface area (Å²) >= 11 is 0. The summed E-state index contributed by atoms with van der Waals surface area (Å²) in [5, 5.41) is 87.0. The number of amides is 1. The fourth-order valence-corrected chi connectivity index (χ4v) is 10.1. The number of hydrogen-bond acceptors (Lipinski definition) is 13. The fourth-order valence-electron chi connectivity index (χ4n) is 10.1. The van der Waals surface area contributed by atoms with Gasteiger partial charge >= 0.3 is 0 Å². The van der Waals surface area contributed by atoms with E-state index in [-0.39, 0.29) is 18.9 Å². The van der Waals surface area contributed by atoms with Gasteiger partial charge < -0.3 is 65.1 Å². The molecule has 12 atom stereocenters. The molecule has 0 bridgehead atoms. The van der Waals surface area contributed by atoms with Crippen molar-refractivity contribution in [2.75, 3.05) is 19.8 Å². The van der Waals surface area contributed by atoms with Gasteiger partial charge in [0.25, 0.3) is 0 Å². The smallest absolute Gasteiger partial charge is 0.220 e. The van der Waals surface area contributed by atoms with Gasteiger partial charge in [-0.3, -0.25) is 4.79 Å². The lowest BCUT2D eigenvalue weighted by Gasteiger charge is -2.46. The molecule has 2 saturated heterocycles. The molecule has 14 heteroatoms. The molecular weight excluding hydrogens is 955 g/mol. The number of carbonyl (C=O) groups is 1. The molecule has 0 spiro atoms. The van der Waals surface area contributed by atoms with Gasteiger partial charge in [-0.05, 0) is 44.9 Å². The first kappa shape index (κ1) is 69.3. The lowest BCUT2D eigenvalue weighted by atomic mass is 9.97. The van der Waals surface area contributed by atoms with Gasteiger partial charge in [-0.25, -0.2) is 0 Å². The Balaban J connectivity index is 1.70. The third kappa shape index (κ3) is 32.8. The van der Waals surface area contributed by atoms with Crippen molar-refractivity contribution in [1.82, 2.24) is 5.32 Å². The molecule has 14 nitrogen and oxygen atoms in total. The molecule has 2 heterocycles. The van der Waals surface area contributed by atoms with E-state index in [9.17, 15) is 45.6 Å². The monoisotopic (exact) mass is 1070 g/mol. The van der Waals surface area contributed by atoms with Gasteiger partial charge in [0, 0.05) is 6.42 Å². The van der Waals surface area contributed by atoms with E-state index in [1.165, 1.54) is 154 Å². The van der Waals surface area contributed by atoms with Crippen LogP contribution in [0.5, 0.6) is 0 Å². The maximum atomic E-state index is 13.2. The normalized spacial score (nSPS) is 25.3. The first-order chi connectivity index (χ1) is 36.6. The van der Waals surface area contributed by atoms with Gasteiger partial charge in [0.15, 0.2) is 12.6 Å². The Hall–Kier alpha value is -1.79. The van der Waals surface area contributed by atoms with Crippen LogP contribution in [0.1, 0.15) is 251 Å². The summed E-state index contributed by atoms with van der Waals surface area (Å²) in [4.78, 5) is 13.2. The van der Waals surface area contributed by atoms with E-state index in [0.29, 0.717) is 6.42 Å². The molecule has 0 radical (unpaired) electrons. The van der Waals surface area contributed by atoms with E-state index in [4.69, 9.17) is 18.9 Å². The van der Waals surface area contributed by atoms with Crippen LogP contribution in [-0.4, -0.2) is 140 Å². The Kier molecular flexibility index (Phi) is 43.5. The van der Waals surface area contributed by atoms with Crippen LogP contribution in [-0.2, 0) is 23.7 Å². The highest BCUT2D eigenvalue weighted by molar-refractivity contribution is 5.76. The van der Waals surface area contributed by atoms with E-state index in [0.717, 1.165) is 70.6 Å². The van der Waals surface area contributed by atoms with Crippen LogP contribution in [0.15, 0.2) is 36.5 Å². The standard InChI is InChI=1S/C61H113NO13/c1-3-5-7-9-11-13-15-17-18-19-20-21-22-23-24-25-26-27-28-29-30-31-33-34-36-38-40-42-44-50(65)49(62-53(66)45-43-41-39-37-35-32-16-14-12-10-8-6-4-2)48-72-60-58(71)56(69)59(52(47-64)74-60)75-61-57(70)55(68)54(67)51(46-63)73-61/h8,10,14,16,42,44,49-52,54-61,63-65,67-71H,3-7,9,11-13,15,17-41,43,45-48H2,1-2H3,(H,62,66)/b10-8-,16-14-,44-42+. The van der Waals surface area contributed by atoms with Crippen LogP contribution in [0.25, 0.3) is 0 Å². The van der Waals surface area contributed by atoms with E-state index >= 15 is 0 Å². The first-order valence-electron chi connectivity index (χ1n) is 30.7. The third-order valence-electron chi connectivity index (χ3n) is 15.1. The zero-order valence-corrected chi connectivity index (χ0v) is 47.3. The number of rotatable bonds is 49. The minimum absolute atomic E-state index is 0.253. The quantitative estimate of drug-likeness (QED) is 0.0204. The number of unbranched alkanes of at least 4 members (excludes halogenated alkanes) is 32. The van der Waals surface area contributed by atoms with Crippen LogP contribution >= 0.6 is 0 Å². The van der Waals surface area contributed by atoms with Crippen LogP contribution in [0.2, 0.25) is 0 Å². The van der Waals surface area contributed by atoms with Gasteiger partial charge in [0.1, 0.15) is 48.8 Å². The molecule has 2 rings (SSSR count). The Morgan fingerprint density at radius 3 is 1.39 bits per heavy atom. The summed E-state index contributed by atoms with van der Waals surface area (Å²) in [5.74, 6) is -0.253. The number of hydrogen-bond donors (Lipinski definition) is 9. The van der Waals surface area contributed by atoms with E-state index in [2.05, 4.69) is 43.5 Å². The maximum absolute atomic E-state index is 13.2. The molecule has 2 aliphatic heterocycles. The zero-order chi connectivity index (χ0) is 54.6. The van der Waals surface area contributed by atoms with E-state index in [1.54, 1.807) is 6.08 Å². The first-order valence-corrected chi connectivity index (χ1v) is 30.7. The molecule has 0 saturated carbocycles. The summed E-state index contributed by atoms with van der Waals surface area (Å²) in [5.41, 5.74) is 0. The predicted molar refractivity (Wildman–Crippen MR) is 300 cm³/mol. The molecule has 75 heavy (non-hydrogen) atoms. The van der Waals surface area contributed by atoms with E-state index in [1.807, 2.05) is 6.08 Å². The Bertz CT molecular complexity index is 1400. The lowest BCUT2D eigenvalue weighted by Crippen LogP contribution is -2.65. The molecule has 1 amide bonds. The number of carbonyl (C=O) groups excluding carboxylic acids is 1. The van der Waals surface area contributed by atoms with Gasteiger partial charge in [-0.1, -0.05) is 237 Å². The van der Waals surface area contributed by atoms with Crippen LogP contribution in [0, 0.1) is 0 Å². The average Bonchev–Trinajstić information content (AvgIpc) is 3.41. The van der Waals surface area contributed by atoms with Crippen molar-refractivity contribution < 1.29 is 64.6 Å². The van der Waals surface area contributed by atoms with Gasteiger partial charge in [0.05, 0.1) is 32.0 Å². The van der Waals surface area contributed by atoms with Crippen LogP contribution < -0.4 is 5.32 Å². The number of nitrogens with one attached hydrogen (secondary N) is 1. The fraction of sp³-hybridized carbons (Fsp3) is 0.885. The molecule has 12 unspecified atom stereocenters. The van der Waals surface area contributed by atoms with Gasteiger partial charge in [-0.15, -0.1) is 0 Å². The topological polar surface area (TPSA) is 228 Å². The lowest BCUT2D eigenvalue weighted by molar-refractivity contribution is -0.359. The minimum Gasteiger partial charge on any atom is -0.394 e. The van der Waals surface area contributed by atoms with Crippen LogP contribution in [0.3, 0.4) is 0 Å². The van der Waals surface area contributed by atoms with Crippen molar-refractivity contribution in [3.8, 4) is 0 Å². The molecular formula is C61H113NO13. The van der Waals surface area contributed by atoms with Crippen molar-refractivity contribution in [1.29, 1.82) is 0 Å². The van der Waals surface area contributed by atoms with Crippen molar-refractivity contribution in [2.24, 2.45) is 0 Å². The summed E-state index contributed by atoms with van der Waals surface area (Å²) < 4.78 is 22.8. The second kappa shape index (κ2) is 47.1. The molecule has 440 valence electrons. The third-order valence-corrected chi connectivity index (χ3v) is 15.1. The molecule has 2 aliphatic rings. The molecule has 2 fully saturated rings. The van der Waals surface area contributed by atoms with Crippen molar-refractivity contribution in [3.05, 3.63) is 36.5 Å². The number of ether oxygens (including phenoxy) is 4. The van der Waals surface area contributed by atoms with Gasteiger partial charge in [-0.2, -0.15) is 0 Å². The highest BCUT2D eigenvalue weighted by atomic mass is 16.7. The highest BCUT2D eigenvalue weighted by Gasteiger charge is 2.51. The largest absolute Gasteiger partial charge is 0.394 e. The average molecular weight is 1070 g/mol. The van der Waals surface area contributed by atoms with Gasteiger partial charge in [0.2, 0.25) is 5.91 Å². The number of aliphatic hydroxyl groups excluding tert-OH is 8. The minimum atomic E-state index is -1.79. The molecule has 0 aromatic heterocycles. The molecule has 9 N–H and O–H groups in total. The van der Waals surface area contributed by atoms with Crippen molar-refractivity contribution >= 4 is 5.91 Å². The van der Waals surface area contributed by atoms with Crippen molar-refractivity contribution in [2.45, 2.75) is 325 Å². The SMILES string of the molecule is CCC/C=C\C/C=C\CCCCCCCC(=O)NC(COC1OC(CO)C(OC2OC(CO)C(O)C(O)C2O)C(O)C1O)C(O)/C=C/CCCCCCCCCCCCCCCCCCCCCCCCCCCC. The Labute approximate surface area is 455 Å². The van der Waals surface area contributed by atoms with Crippen molar-refractivity contribution in [3.63, 3.8) is 0 Å². The second-order valence-corrected chi connectivity index (χ2v) is 21.8. The summed E-state index contributed by atoms with van der Waals surface area (Å²) in [6, 6.07) is -0.921. The zero-order valence-electron chi connectivity index (χ0n) is 47.3. The molecule has 0 aromatic carbocycles. The Morgan fingerprint density at radius 1 is 0.480 bits per heavy atom. The maximum Gasteiger partial charge on any atom is 0.220 e. The predicted octanol–water partition coefficient (Wildman–Crippen LogP) is 10.6. The summed E-state index contributed by atoms with van der Waals surface area (Å²) in [7, 11) is 0. The van der Waals surface area contributed by atoms with E-state index < -0.39 is 86.8 Å². The number of aliphatic hydroxyl groups is 8. The molecule has 0 aromatic rings. The number of allylic oxidation sites excluding steroid dienone is 5. The summed E-state index contributed by atoms with van der Waals surface area (Å²) in [6.07, 6.45) is 40.6. The molecule has 0 aliphatic carbocycles. The Morgan fingerprint density at radius 2 is 0.907 bits per heavy atom. The highest BCUT2D eigenvalue weighted by Crippen LogP contribution is 2.30. The second-order valence-electron chi connectivity index (χ2n) is 21.8. The van der Waals surface area contributed by atoms with Crippen LogP contribution in [0.4, 0.5) is 0 Å². The summed E-state index contributed by atoms with van der Waals surface area (Å²) in [6.45, 7) is 2.73.